The minimum Gasteiger partial charge on any atom is -0.493 e. The quantitative estimate of drug-likeness (QED) is 0.595. The van der Waals surface area contributed by atoms with Gasteiger partial charge in [0.05, 0.1) is 10.7 Å². The van der Waals surface area contributed by atoms with Crippen molar-refractivity contribution in [1.29, 1.82) is 0 Å². The van der Waals surface area contributed by atoms with Crippen LogP contribution in [0.25, 0.3) is 0 Å². The molecule has 0 aromatic heterocycles. The van der Waals surface area contributed by atoms with Crippen molar-refractivity contribution in [2.24, 2.45) is 0 Å². The zero-order valence-electron chi connectivity index (χ0n) is 11.1. The molecule has 3 heteroatoms. The molecule has 1 aromatic rings. The first kappa shape index (κ1) is 13.7. The largest absolute Gasteiger partial charge is 0.493 e. The lowest BCUT2D eigenvalue weighted by atomic mass is 10.0. The summed E-state index contributed by atoms with van der Waals surface area (Å²) in [6.07, 6.45) is 6.29. The predicted octanol–water partition coefficient (Wildman–Crippen LogP) is 4.11. The summed E-state index contributed by atoms with van der Waals surface area (Å²) in [7, 11) is 0. The number of rotatable bonds is 2. The minimum absolute atomic E-state index is 0.123. The van der Waals surface area contributed by atoms with Gasteiger partial charge >= 0.3 is 0 Å². The topological polar surface area (TPSA) is 9.23 Å². The smallest absolute Gasteiger partial charge is 0.124 e. The summed E-state index contributed by atoms with van der Waals surface area (Å²) in [6.45, 7) is 2.87. The van der Waals surface area contributed by atoms with Gasteiger partial charge in [-0.1, -0.05) is 18.8 Å². The fourth-order valence-electron chi connectivity index (χ4n) is 2.16. The summed E-state index contributed by atoms with van der Waals surface area (Å²) in [5, 5.41) is 0. The molecule has 1 aliphatic rings. The molecule has 1 heterocycles. The molecule has 96 valence electrons. The summed E-state index contributed by atoms with van der Waals surface area (Å²) in [5.74, 6) is 7.36. The Hall–Kier alpha value is -0.720. The first-order valence-electron chi connectivity index (χ1n) is 6.12. The zero-order valence-corrected chi connectivity index (χ0v) is 12.7. The molecule has 0 bridgehead atoms. The first-order chi connectivity index (χ1) is 8.75. The normalized spacial score (nSPS) is 16.2. The molecule has 0 spiro atoms. The van der Waals surface area contributed by atoms with Gasteiger partial charge in [-0.3, -0.25) is 0 Å². The second-order valence-electron chi connectivity index (χ2n) is 4.13. The Labute approximate surface area is 118 Å². The first-order valence-corrected chi connectivity index (χ1v) is 8.57. The third-order valence-corrected chi connectivity index (χ3v) is 6.31. The number of thioether (sulfide) groups is 2. The Morgan fingerprint density at radius 1 is 1.33 bits per heavy atom. The van der Waals surface area contributed by atoms with Crippen LogP contribution < -0.4 is 4.74 Å². The summed E-state index contributed by atoms with van der Waals surface area (Å²) in [5.41, 5.74) is 2.38. The molecule has 1 nitrogen and oxygen atoms in total. The van der Waals surface area contributed by atoms with Crippen LogP contribution in [-0.4, -0.2) is 19.1 Å². The van der Waals surface area contributed by atoms with E-state index in [9.17, 15) is 0 Å². The van der Waals surface area contributed by atoms with Crippen LogP contribution in [0.1, 0.15) is 30.9 Å². The van der Waals surface area contributed by atoms with Crippen LogP contribution in [0.2, 0.25) is 0 Å². The number of ether oxygens (including phenoxy) is 1. The average molecular weight is 278 g/mol. The van der Waals surface area contributed by atoms with Gasteiger partial charge < -0.3 is 4.74 Å². The maximum atomic E-state index is 5.77. The van der Waals surface area contributed by atoms with Crippen LogP contribution >= 0.6 is 23.5 Å². The van der Waals surface area contributed by atoms with Gasteiger partial charge in [-0.25, -0.2) is 0 Å². The van der Waals surface area contributed by atoms with E-state index in [0.29, 0.717) is 0 Å². The molecular weight excluding hydrogens is 260 g/mol. The van der Waals surface area contributed by atoms with Crippen molar-refractivity contribution in [2.45, 2.75) is 23.8 Å². The number of fused-ring (bicyclic) bond motifs is 1. The molecule has 0 radical (unpaired) electrons. The number of hydrogen-bond acceptors (Lipinski definition) is 3. The molecule has 1 aromatic carbocycles. The second kappa shape index (κ2) is 5.95. The van der Waals surface area contributed by atoms with Crippen molar-refractivity contribution in [3.63, 3.8) is 0 Å². The molecule has 0 amide bonds. The Morgan fingerprint density at radius 3 is 2.78 bits per heavy atom. The van der Waals surface area contributed by atoms with E-state index in [1.165, 1.54) is 5.56 Å². The van der Waals surface area contributed by atoms with E-state index in [4.69, 9.17) is 4.74 Å². The van der Waals surface area contributed by atoms with E-state index in [0.717, 1.165) is 30.8 Å². The maximum absolute atomic E-state index is 5.77. The molecular formula is C15H18OS2. The van der Waals surface area contributed by atoms with Gasteiger partial charge in [0.1, 0.15) is 5.75 Å². The third-order valence-electron chi connectivity index (χ3n) is 3.15. The zero-order chi connectivity index (χ0) is 13.0. The molecule has 1 aliphatic heterocycles. The molecule has 0 saturated heterocycles. The van der Waals surface area contributed by atoms with Crippen molar-refractivity contribution in [3.05, 3.63) is 29.3 Å². The van der Waals surface area contributed by atoms with Crippen molar-refractivity contribution in [3.8, 4) is 17.6 Å². The maximum Gasteiger partial charge on any atom is 0.124 e. The van der Waals surface area contributed by atoms with Crippen LogP contribution in [0.4, 0.5) is 0 Å². The third kappa shape index (κ3) is 2.50. The average Bonchev–Trinajstić information content (AvgIpc) is 2.44. The fraction of sp³-hybridized carbons (Fsp3) is 0.467. The highest BCUT2D eigenvalue weighted by Gasteiger charge is 2.36. The monoisotopic (exact) mass is 278 g/mol. The Bertz CT molecular complexity index is 481. The van der Waals surface area contributed by atoms with Gasteiger partial charge in [0.15, 0.2) is 0 Å². The molecule has 0 atom stereocenters. The Morgan fingerprint density at radius 2 is 2.11 bits per heavy atom. The molecule has 0 fully saturated rings. The Kier molecular flexibility index (Phi) is 4.53. The Balaban J connectivity index is 2.47. The van der Waals surface area contributed by atoms with Crippen LogP contribution in [0.3, 0.4) is 0 Å². The molecule has 18 heavy (non-hydrogen) atoms. The van der Waals surface area contributed by atoms with Crippen molar-refractivity contribution < 1.29 is 4.74 Å². The molecule has 0 unspecified atom stereocenters. The van der Waals surface area contributed by atoms with Gasteiger partial charge in [-0.15, -0.1) is 23.5 Å². The number of benzene rings is 1. The van der Waals surface area contributed by atoms with Crippen LogP contribution in [0.5, 0.6) is 5.75 Å². The van der Waals surface area contributed by atoms with E-state index < -0.39 is 0 Å². The van der Waals surface area contributed by atoms with Crippen molar-refractivity contribution >= 4 is 23.5 Å². The van der Waals surface area contributed by atoms with Gasteiger partial charge in [-0.05, 0) is 30.7 Å². The van der Waals surface area contributed by atoms with Gasteiger partial charge in [0, 0.05) is 24.0 Å². The van der Waals surface area contributed by atoms with E-state index >= 15 is 0 Å². The SMILES string of the molecule is CCC#Cc1ccc2c(c1)C(SC)(SC)CCO2. The molecule has 2 rings (SSSR count). The van der Waals surface area contributed by atoms with Gasteiger partial charge in [0.25, 0.3) is 0 Å². The lowest BCUT2D eigenvalue weighted by molar-refractivity contribution is 0.280. The molecule has 0 saturated carbocycles. The highest BCUT2D eigenvalue weighted by Crippen LogP contribution is 2.52. The molecule has 0 aliphatic carbocycles. The van der Waals surface area contributed by atoms with Crippen LogP contribution in [0.15, 0.2) is 18.2 Å². The second-order valence-corrected chi connectivity index (χ2v) is 6.59. The lowest BCUT2D eigenvalue weighted by Crippen LogP contribution is -2.26. The summed E-state index contributed by atoms with van der Waals surface area (Å²) in [4.78, 5) is 0. The van der Waals surface area contributed by atoms with E-state index in [1.807, 2.05) is 23.5 Å². The van der Waals surface area contributed by atoms with Gasteiger partial charge in [0.2, 0.25) is 0 Å². The summed E-state index contributed by atoms with van der Waals surface area (Å²) < 4.78 is 5.89. The van der Waals surface area contributed by atoms with Crippen molar-refractivity contribution in [2.75, 3.05) is 19.1 Å². The summed E-state index contributed by atoms with van der Waals surface area (Å²) in [6, 6.07) is 6.32. The van der Waals surface area contributed by atoms with Gasteiger partial charge in [-0.2, -0.15) is 0 Å². The van der Waals surface area contributed by atoms with Crippen molar-refractivity contribution in [1.82, 2.24) is 0 Å². The molecule has 0 N–H and O–H groups in total. The van der Waals surface area contributed by atoms with E-state index in [1.54, 1.807) is 0 Å². The number of hydrogen-bond donors (Lipinski definition) is 0. The standard InChI is InChI=1S/C15H18OS2/c1-4-5-6-12-7-8-14-13(11-12)15(17-2,18-3)9-10-16-14/h7-8,11H,4,9-10H2,1-3H3. The highest BCUT2D eigenvalue weighted by atomic mass is 32.2. The minimum atomic E-state index is 0.123. The van der Waals surface area contributed by atoms with E-state index in [-0.39, 0.29) is 4.08 Å². The predicted molar refractivity (Wildman–Crippen MR) is 82.4 cm³/mol. The van der Waals surface area contributed by atoms with E-state index in [2.05, 4.69) is 49.5 Å². The van der Waals surface area contributed by atoms with Crippen LogP contribution in [-0.2, 0) is 4.08 Å². The highest BCUT2D eigenvalue weighted by molar-refractivity contribution is 8.16. The fourth-order valence-corrected chi connectivity index (χ4v) is 4.16. The lowest BCUT2D eigenvalue weighted by Gasteiger charge is -2.36. The summed E-state index contributed by atoms with van der Waals surface area (Å²) >= 11 is 3.81. The van der Waals surface area contributed by atoms with Crippen LogP contribution in [0, 0.1) is 11.8 Å².